The van der Waals surface area contributed by atoms with E-state index >= 15 is 0 Å². The van der Waals surface area contributed by atoms with Gasteiger partial charge in [-0.25, -0.2) is 4.79 Å². The highest BCUT2D eigenvalue weighted by atomic mass is 16.6. The van der Waals surface area contributed by atoms with Crippen LogP contribution in [0.1, 0.15) is 5.69 Å². The highest BCUT2D eigenvalue weighted by Crippen LogP contribution is 2.21. The summed E-state index contributed by atoms with van der Waals surface area (Å²) < 4.78 is 0. The molecule has 13 heavy (non-hydrogen) atoms. The Morgan fingerprint density at radius 2 is 2.38 bits per heavy atom. The van der Waals surface area contributed by atoms with Crippen LogP contribution in [-0.4, -0.2) is 26.2 Å². The van der Waals surface area contributed by atoms with E-state index in [0.29, 0.717) is 0 Å². The molecule has 0 unspecified atom stereocenters. The third-order valence-electron chi connectivity index (χ3n) is 1.38. The number of hydrogen-bond acceptors (Lipinski definition) is 4. The van der Waals surface area contributed by atoms with Crippen molar-refractivity contribution in [2.45, 2.75) is 0 Å². The number of aromatic nitrogens is 2. The molecule has 0 bridgehead atoms. The first-order valence-electron chi connectivity index (χ1n) is 3.14. The van der Waals surface area contributed by atoms with Gasteiger partial charge in [-0.1, -0.05) is 6.58 Å². The van der Waals surface area contributed by atoms with Crippen molar-refractivity contribution in [1.82, 2.24) is 10.2 Å². The minimum absolute atomic E-state index is 0.183. The first-order valence-corrected chi connectivity index (χ1v) is 3.14. The van der Waals surface area contributed by atoms with E-state index in [1.54, 1.807) is 0 Å². The molecular weight excluding hydrogens is 178 g/mol. The average Bonchev–Trinajstić information content (AvgIpc) is 2.50. The maximum absolute atomic E-state index is 10.4. The van der Waals surface area contributed by atoms with Gasteiger partial charge in [0.05, 0.1) is 10.5 Å². The van der Waals surface area contributed by atoms with Crippen LogP contribution in [0.25, 0.3) is 5.57 Å². The maximum Gasteiger partial charge on any atom is 0.337 e. The molecule has 68 valence electrons. The van der Waals surface area contributed by atoms with Gasteiger partial charge in [0.2, 0.25) is 0 Å². The molecule has 0 amide bonds. The lowest BCUT2D eigenvalue weighted by atomic mass is 10.2. The van der Waals surface area contributed by atoms with Gasteiger partial charge in [-0.2, -0.15) is 5.10 Å². The third-order valence-corrected chi connectivity index (χ3v) is 1.38. The van der Waals surface area contributed by atoms with Crippen LogP contribution < -0.4 is 0 Å². The number of H-pyrrole nitrogens is 1. The summed E-state index contributed by atoms with van der Waals surface area (Å²) in [6.45, 7) is 3.16. The van der Waals surface area contributed by atoms with Gasteiger partial charge in [-0.05, 0) is 0 Å². The zero-order valence-corrected chi connectivity index (χ0v) is 6.35. The number of rotatable bonds is 3. The van der Waals surface area contributed by atoms with Crippen LogP contribution in [-0.2, 0) is 4.79 Å². The molecule has 0 aromatic carbocycles. The first-order chi connectivity index (χ1) is 6.04. The molecule has 0 radical (unpaired) electrons. The van der Waals surface area contributed by atoms with Crippen molar-refractivity contribution in [1.29, 1.82) is 0 Å². The Kier molecular flexibility index (Phi) is 2.09. The molecule has 0 aliphatic carbocycles. The fourth-order valence-electron chi connectivity index (χ4n) is 0.747. The molecule has 0 saturated carbocycles. The van der Waals surface area contributed by atoms with Gasteiger partial charge >= 0.3 is 11.7 Å². The molecule has 0 aliphatic rings. The van der Waals surface area contributed by atoms with E-state index < -0.39 is 16.6 Å². The van der Waals surface area contributed by atoms with Crippen molar-refractivity contribution in [2.75, 3.05) is 0 Å². The molecule has 1 aromatic rings. The van der Waals surface area contributed by atoms with E-state index in [1.165, 1.54) is 0 Å². The summed E-state index contributed by atoms with van der Waals surface area (Å²) in [4.78, 5) is 20.0. The van der Waals surface area contributed by atoms with Crippen molar-refractivity contribution in [3.63, 3.8) is 0 Å². The number of aliphatic carboxylic acids is 1. The normalized spacial score (nSPS) is 9.54. The van der Waals surface area contributed by atoms with Crippen molar-refractivity contribution in [2.24, 2.45) is 0 Å². The molecule has 7 heteroatoms. The Hall–Kier alpha value is -2.18. The average molecular weight is 183 g/mol. The van der Waals surface area contributed by atoms with Gasteiger partial charge in [0.25, 0.3) is 0 Å². The van der Waals surface area contributed by atoms with E-state index in [1.807, 2.05) is 0 Å². The lowest BCUT2D eigenvalue weighted by molar-refractivity contribution is -0.385. The van der Waals surface area contributed by atoms with Crippen LogP contribution in [0.2, 0.25) is 0 Å². The predicted molar refractivity (Wildman–Crippen MR) is 41.9 cm³/mol. The largest absolute Gasteiger partial charge is 0.478 e. The topological polar surface area (TPSA) is 109 Å². The second kappa shape index (κ2) is 3.05. The second-order valence-electron chi connectivity index (χ2n) is 2.17. The molecule has 0 spiro atoms. The van der Waals surface area contributed by atoms with Crippen molar-refractivity contribution < 1.29 is 14.8 Å². The van der Waals surface area contributed by atoms with Gasteiger partial charge < -0.3 is 5.11 Å². The second-order valence-corrected chi connectivity index (χ2v) is 2.17. The monoisotopic (exact) mass is 183 g/mol. The first kappa shape index (κ1) is 8.91. The van der Waals surface area contributed by atoms with Gasteiger partial charge in [-0.15, -0.1) is 0 Å². The molecule has 1 aromatic heterocycles. The number of carboxylic acid groups (broad SMARTS) is 1. The molecule has 0 aliphatic heterocycles. The van der Waals surface area contributed by atoms with Crippen molar-refractivity contribution in [3.8, 4) is 0 Å². The Balaban J connectivity index is 3.15. The van der Waals surface area contributed by atoms with E-state index in [4.69, 9.17) is 5.11 Å². The minimum Gasteiger partial charge on any atom is -0.478 e. The fourth-order valence-corrected chi connectivity index (χ4v) is 0.747. The van der Waals surface area contributed by atoms with Crippen LogP contribution in [0, 0.1) is 10.1 Å². The lowest BCUT2D eigenvalue weighted by Gasteiger charge is -1.94. The number of nitrogens with zero attached hydrogens (tertiary/aromatic N) is 2. The number of carboxylic acids is 1. The van der Waals surface area contributed by atoms with Gasteiger partial charge in [0.1, 0.15) is 11.9 Å². The van der Waals surface area contributed by atoms with Crippen LogP contribution in [0.5, 0.6) is 0 Å². The molecular formula is C6H5N3O4. The van der Waals surface area contributed by atoms with Crippen molar-refractivity contribution >= 4 is 17.2 Å². The van der Waals surface area contributed by atoms with Crippen LogP contribution in [0.4, 0.5) is 5.69 Å². The number of nitrogens with one attached hydrogen (secondary N) is 1. The zero-order valence-electron chi connectivity index (χ0n) is 6.35. The van der Waals surface area contributed by atoms with E-state index in [2.05, 4.69) is 16.8 Å². The summed E-state index contributed by atoms with van der Waals surface area (Å²) in [7, 11) is 0. The van der Waals surface area contributed by atoms with E-state index in [9.17, 15) is 14.9 Å². The Bertz CT molecular complexity index is 381. The zero-order chi connectivity index (χ0) is 10.0. The van der Waals surface area contributed by atoms with Crippen molar-refractivity contribution in [3.05, 3.63) is 28.6 Å². The quantitative estimate of drug-likeness (QED) is 0.400. The van der Waals surface area contributed by atoms with Gasteiger partial charge in [0.15, 0.2) is 0 Å². The number of nitro groups is 1. The number of aromatic amines is 1. The summed E-state index contributed by atoms with van der Waals surface area (Å²) in [5.74, 6) is -1.33. The summed E-state index contributed by atoms with van der Waals surface area (Å²) in [5, 5.41) is 24.4. The molecule has 0 atom stereocenters. The van der Waals surface area contributed by atoms with Crippen LogP contribution in [0.15, 0.2) is 12.8 Å². The third kappa shape index (κ3) is 1.53. The highest BCUT2D eigenvalue weighted by molar-refractivity contribution is 6.14. The van der Waals surface area contributed by atoms with Crippen LogP contribution >= 0.6 is 0 Å². The molecule has 1 heterocycles. The SMILES string of the molecule is C=C(C(=O)O)c1[nH]ncc1[N+](=O)[O-]. The summed E-state index contributed by atoms with van der Waals surface area (Å²) in [6.07, 6.45) is 0.934. The van der Waals surface area contributed by atoms with Gasteiger partial charge in [-0.3, -0.25) is 15.2 Å². The van der Waals surface area contributed by atoms with E-state index in [0.717, 1.165) is 6.20 Å². The number of carbonyl (C=O) groups is 1. The number of hydrogen-bond donors (Lipinski definition) is 2. The molecule has 1 rings (SSSR count). The van der Waals surface area contributed by atoms with Crippen LogP contribution in [0.3, 0.4) is 0 Å². The summed E-state index contributed by atoms with van der Waals surface area (Å²) >= 11 is 0. The lowest BCUT2D eigenvalue weighted by Crippen LogP contribution is -2.01. The molecule has 0 saturated heterocycles. The highest BCUT2D eigenvalue weighted by Gasteiger charge is 2.21. The Labute approximate surface area is 71.8 Å². The Morgan fingerprint density at radius 1 is 1.77 bits per heavy atom. The smallest absolute Gasteiger partial charge is 0.337 e. The summed E-state index contributed by atoms with van der Waals surface area (Å²) in [5.41, 5.74) is -0.964. The predicted octanol–water partition coefficient (Wildman–Crippen LogP) is 0.416. The van der Waals surface area contributed by atoms with E-state index in [-0.39, 0.29) is 11.3 Å². The molecule has 2 N–H and O–H groups in total. The minimum atomic E-state index is -1.33. The molecule has 0 fully saturated rings. The fraction of sp³-hybridized carbons (Fsp3) is 0. The standard InChI is InChI=1S/C6H5N3O4/c1-3(6(10)11)5-4(9(12)13)2-7-8-5/h2H,1H2,(H,7,8)(H,10,11). The summed E-state index contributed by atoms with van der Waals surface area (Å²) in [6, 6.07) is 0. The maximum atomic E-state index is 10.4. The van der Waals surface area contributed by atoms with Gasteiger partial charge in [0, 0.05) is 0 Å². The molecule has 7 nitrogen and oxygen atoms in total. The Morgan fingerprint density at radius 3 is 2.85 bits per heavy atom.